The lowest BCUT2D eigenvalue weighted by atomic mass is 9.67. The summed E-state index contributed by atoms with van der Waals surface area (Å²) < 4.78 is 13.0. The Labute approximate surface area is 370 Å². The highest BCUT2D eigenvalue weighted by molar-refractivity contribution is 6.15. The Morgan fingerprint density at radius 3 is 1.64 bits per heavy atom. The molecule has 0 aliphatic heterocycles. The fraction of sp³-hybridized carbons (Fsp3) is 0.0164. The van der Waals surface area contributed by atoms with Crippen LogP contribution < -0.4 is 4.90 Å². The van der Waals surface area contributed by atoms with Crippen molar-refractivity contribution >= 4 is 60.9 Å². The molecule has 2 heterocycles. The van der Waals surface area contributed by atoms with E-state index in [2.05, 4.69) is 229 Å². The maximum Gasteiger partial charge on any atom is 0.137 e. The molecule has 3 nitrogen and oxygen atoms in total. The monoisotopic (exact) mass is 817 g/mol. The zero-order valence-electron chi connectivity index (χ0n) is 34.8. The molecule has 13 rings (SSSR count). The fourth-order valence-corrected chi connectivity index (χ4v) is 10.6. The molecule has 12 aromatic rings. The Morgan fingerprint density at radius 2 is 0.875 bits per heavy atom. The van der Waals surface area contributed by atoms with E-state index in [4.69, 9.17) is 8.83 Å². The molecule has 0 fully saturated rings. The van der Waals surface area contributed by atoms with Crippen LogP contribution >= 0.6 is 0 Å². The van der Waals surface area contributed by atoms with E-state index in [-0.39, 0.29) is 0 Å². The van der Waals surface area contributed by atoms with Gasteiger partial charge in [-0.3, -0.25) is 0 Å². The normalized spacial score (nSPS) is 12.8. The van der Waals surface area contributed by atoms with E-state index >= 15 is 0 Å². The molecule has 0 spiro atoms. The summed E-state index contributed by atoms with van der Waals surface area (Å²) in [4.78, 5) is 2.42. The molecule has 0 amide bonds. The van der Waals surface area contributed by atoms with Crippen molar-refractivity contribution in [1.29, 1.82) is 0 Å². The lowest BCUT2D eigenvalue weighted by molar-refractivity contribution is 0.668. The third kappa shape index (κ3) is 5.41. The second-order valence-electron chi connectivity index (χ2n) is 16.7. The number of hydrogen-bond donors (Lipinski definition) is 0. The Bertz CT molecular complexity index is 3680. The van der Waals surface area contributed by atoms with Gasteiger partial charge < -0.3 is 13.7 Å². The van der Waals surface area contributed by atoms with Crippen molar-refractivity contribution in [3.8, 4) is 33.4 Å². The summed E-state index contributed by atoms with van der Waals surface area (Å²) in [5.41, 5.74) is 18.2. The van der Waals surface area contributed by atoms with Crippen molar-refractivity contribution in [1.82, 2.24) is 0 Å². The van der Waals surface area contributed by atoms with E-state index < -0.39 is 5.41 Å². The van der Waals surface area contributed by atoms with Gasteiger partial charge in [0.2, 0.25) is 0 Å². The predicted molar refractivity (Wildman–Crippen MR) is 264 cm³/mol. The van der Waals surface area contributed by atoms with Crippen LogP contribution in [0.15, 0.2) is 245 Å². The molecule has 1 aliphatic carbocycles. The molecule has 0 unspecified atom stereocenters. The number of nitrogens with zero attached hydrogens (tertiary/aromatic N) is 1. The molecule has 2 aromatic heterocycles. The summed E-state index contributed by atoms with van der Waals surface area (Å²) in [6.07, 6.45) is 0. The van der Waals surface area contributed by atoms with Crippen LogP contribution in [-0.2, 0) is 5.41 Å². The Morgan fingerprint density at radius 1 is 0.312 bits per heavy atom. The fourth-order valence-electron chi connectivity index (χ4n) is 10.6. The van der Waals surface area contributed by atoms with Gasteiger partial charge in [0, 0.05) is 27.5 Å². The molecule has 0 radical (unpaired) electrons. The first-order valence-electron chi connectivity index (χ1n) is 21.9. The quantitative estimate of drug-likeness (QED) is 0.160. The standard InChI is InChI=1S/C61H39NO2/c1-3-16-40(17-4-1)42-34-37-56-51(38-42)60-54(28-15-31-58(60)64-56)62(45-35-32-41(33-36-45)47-25-14-30-57-59(47)50-24-9-12-29-55(50)63-57)46-21-13-20-44(39-46)61(43-18-5-2-6-19-43)52-26-10-7-22-48(52)49-23-8-11-27-53(49)61/h1-39H. The average Bonchev–Trinajstić information content (AvgIpc) is 4.04. The second kappa shape index (κ2) is 14.3. The van der Waals surface area contributed by atoms with Crippen LogP contribution in [0.5, 0.6) is 0 Å². The Hall–Kier alpha value is -8.40. The maximum atomic E-state index is 6.67. The van der Waals surface area contributed by atoms with Gasteiger partial charge in [0.25, 0.3) is 0 Å². The van der Waals surface area contributed by atoms with Crippen molar-refractivity contribution in [3.05, 3.63) is 259 Å². The molecule has 64 heavy (non-hydrogen) atoms. The predicted octanol–water partition coefficient (Wildman–Crippen LogP) is 16.7. The maximum absolute atomic E-state index is 6.67. The molecule has 300 valence electrons. The first-order chi connectivity index (χ1) is 31.7. The van der Waals surface area contributed by atoms with Crippen molar-refractivity contribution < 1.29 is 8.83 Å². The van der Waals surface area contributed by atoms with Crippen molar-refractivity contribution in [2.75, 3.05) is 4.90 Å². The molecule has 3 heteroatoms. The van der Waals surface area contributed by atoms with E-state index in [1.165, 1.54) is 38.9 Å². The van der Waals surface area contributed by atoms with Crippen LogP contribution in [0, 0.1) is 0 Å². The molecule has 0 saturated carbocycles. The lowest BCUT2D eigenvalue weighted by Gasteiger charge is -2.35. The minimum atomic E-state index is -0.551. The molecule has 0 atom stereocenters. The van der Waals surface area contributed by atoms with E-state index in [0.29, 0.717) is 0 Å². The van der Waals surface area contributed by atoms with Crippen molar-refractivity contribution in [3.63, 3.8) is 0 Å². The summed E-state index contributed by atoms with van der Waals surface area (Å²) in [6.45, 7) is 0. The van der Waals surface area contributed by atoms with Crippen LogP contribution in [0.3, 0.4) is 0 Å². The summed E-state index contributed by atoms with van der Waals surface area (Å²) in [5.74, 6) is 0. The Kier molecular flexibility index (Phi) is 8.13. The van der Waals surface area contributed by atoms with Gasteiger partial charge in [-0.2, -0.15) is 0 Å². The van der Waals surface area contributed by atoms with Crippen LogP contribution in [-0.4, -0.2) is 0 Å². The average molecular weight is 818 g/mol. The van der Waals surface area contributed by atoms with Crippen LogP contribution in [0.25, 0.3) is 77.3 Å². The van der Waals surface area contributed by atoms with Gasteiger partial charge in [-0.25, -0.2) is 0 Å². The topological polar surface area (TPSA) is 29.5 Å². The summed E-state index contributed by atoms with van der Waals surface area (Å²) in [5, 5.41) is 4.38. The molecular formula is C61H39NO2. The summed E-state index contributed by atoms with van der Waals surface area (Å²) >= 11 is 0. The highest BCUT2D eigenvalue weighted by Crippen LogP contribution is 2.57. The molecular weight excluding hydrogens is 779 g/mol. The molecule has 0 N–H and O–H groups in total. The van der Waals surface area contributed by atoms with Gasteiger partial charge in [0.15, 0.2) is 0 Å². The number of fused-ring (bicyclic) bond motifs is 9. The van der Waals surface area contributed by atoms with Gasteiger partial charge >= 0.3 is 0 Å². The largest absolute Gasteiger partial charge is 0.456 e. The first kappa shape index (κ1) is 36.3. The van der Waals surface area contributed by atoms with Crippen LogP contribution in [0.1, 0.15) is 22.3 Å². The van der Waals surface area contributed by atoms with Crippen LogP contribution in [0.2, 0.25) is 0 Å². The van der Waals surface area contributed by atoms with Gasteiger partial charge in [0.05, 0.1) is 16.5 Å². The smallest absolute Gasteiger partial charge is 0.137 e. The first-order valence-corrected chi connectivity index (χ1v) is 21.9. The number of para-hydroxylation sites is 1. The zero-order valence-corrected chi connectivity index (χ0v) is 34.8. The SMILES string of the molecule is c1ccc(-c2ccc3oc4cccc(N(c5ccc(-c6cccc7oc8ccccc8c67)cc5)c5cccc(C6(c7ccccc7)c7ccccc7-c7ccccc76)c5)c4c3c2)cc1. The summed E-state index contributed by atoms with van der Waals surface area (Å²) in [7, 11) is 0. The lowest BCUT2D eigenvalue weighted by Crippen LogP contribution is -2.28. The number of furan rings is 2. The van der Waals surface area contributed by atoms with E-state index in [1.807, 2.05) is 12.1 Å². The van der Waals surface area contributed by atoms with Gasteiger partial charge in [-0.1, -0.05) is 176 Å². The number of hydrogen-bond acceptors (Lipinski definition) is 3. The summed E-state index contributed by atoms with van der Waals surface area (Å²) in [6, 6.07) is 85.3. The second-order valence-corrected chi connectivity index (χ2v) is 16.7. The van der Waals surface area contributed by atoms with Gasteiger partial charge in [-0.05, 0) is 116 Å². The van der Waals surface area contributed by atoms with E-state index in [0.717, 1.165) is 77.6 Å². The van der Waals surface area contributed by atoms with Gasteiger partial charge in [-0.15, -0.1) is 0 Å². The van der Waals surface area contributed by atoms with Crippen molar-refractivity contribution in [2.45, 2.75) is 5.41 Å². The zero-order chi connectivity index (χ0) is 42.2. The third-order valence-corrected chi connectivity index (χ3v) is 13.4. The minimum Gasteiger partial charge on any atom is -0.456 e. The van der Waals surface area contributed by atoms with Crippen molar-refractivity contribution in [2.24, 2.45) is 0 Å². The van der Waals surface area contributed by atoms with E-state index in [1.54, 1.807) is 0 Å². The van der Waals surface area contributed by atoms with E-state index in [9.17, 15) is 0 Å². The third-order valence-electron chi connectivity index (χ3n) is 13.4. The Balaban J connectivity index is 1.05. The number of rotatable bonds is 7. The number of benzene rings is 10. The molecule has 0 saturated heterocycles. The molecule has 10 aromatic carbocycles. The van der Waals surface area contributed by atoms with Crippen LogP contribution in [0.4, 0.5) is 17.1 Å². The molecule has 1 aliphatic rings. The highest BCUT2D eigenvalue weighted by Gasteiger charge is 2.46. The highest BCUT2D eigenvalue weighted by atomic mass is 16.3. The number of anilines is 3. The molecule has 0 bridgehead atoms. The minimum absolute atomic E-state index is 0.551. The van der Waals surface area contributed by atoms with Gasteiger partial charge in [0.1, 0.15) is 22.3 Å².